The molecule has 0 radical (unpaired) electrons. The van der Waals surface area contributed by atoms with E-state index in [-0.39, 0.29) is 0 Å². The molecule has 0 unspecified atom stereocenters. The number of halogens is 1. The third-order valence-corrected chi connectivity index (χ3v) is 4.18. The van der Waals surface area contributed by atoms with Gasteiger partial charge in [-0.05, 0) is 62.2 Å². The Morgan fingerprint density at radius 2 is 1.92 bits per heavy atom. The average Bonchev–Trinajstić information content (AvgIpc) is 2.87. The number of nitriles is 1. The van der Waals surface area contributed by atoms with Gasteiger partial charge in [-0.25, -0.2) is 9.37 Å². The van der Waals surface area contributed by atoms with Gasteiger partial charge in [-0.15, -0.1) is 0 Å². The standard InChI is InChI=1S/C21H18FN3/c1-14-8-9-24-21(10-14)25-15(2)11-17(16(25)3)12-18(13-23)19-6-4-5-7-20(19)22/h4-12H,1-3H3/b18-12-. The number of hydrogen-bond acceptors (Lipinski definition) is 2. The number of hydrogen-bond donors (Lipinski definition) is 0. The van der Waals surface area contributed by atoms with Crippen LogP contribution in [0.1, 0.15) is 28.1 Å². The monoisotopic (exact) mass is 331 g/mol. The highest BCUT2D eigenvalue weighted by atomic mass is 19.1. The van der Waals surface area contributed by atoms with Gasteiger partial charge in [0.2, 0.25) is 0 Å². The van der Waals surface area contributed by atoms with E-state index < -0.39 is 5.82 Å². The smallest absolute Gasteiger partial charge is 0.137 e. The van der Waals surface area contributed by atoms with Gasteiger partial charge in [0.05, 0.1) is 11.6 Å². The molecule has 2 heterocycles. The summed E-state index contributed by atoms with van der Waals surface area (Å²) in [6.07, 6.45) is 3.51. The SMILES string of the molecule is Cc1ccnc(-n2c(C)cc(/C=C(/C#N)c3ccccc3F)c2C)c1. The fourth-order valence-corrected chi connectivity index (χ4v) is 2.93. The van der Waals surface area contributed by atoms with Gasteiger partial charge in [-0.2, -0.15) is 5.26 Å². The highest BCUT2D eigenvalue weighted by Crippen LogP contribution is 2.26. The summed E-state index contributed by atoms with van der Waals surface area (Å²) in [5.74, 6) is 0.434. The summed E-state index contributed by atoms with van der Waals surface area (Å²) >= 11 is 0. The van der Waals surface area contributed by atoms with Gasteiger partial charge >= 0.3 is 0 Å². The van der Waals surface area contributed by atoms with Crippen molar-refractivity contribution in [3.8, 4) is 11.9 Å². The first-order chi connectivity index (χ1) is 12.0. The van der Waals surface area contributed by atoms with Crippen molar-refractivity contribution in [2.75, 3.05) is 0 Å². The van der Waals surface area contributed by atoms with Gasteiger partial charge in [0.15, 0.2) is 0 Å². The fourth-order valence-electron chi connectivity index (χ4n) is 2.93. The zero-order chi connectivity index (χ0) is 18.0. The molecule has 0 N–H and O–H groups in total. The van der Waals surface area contributed by atoms with Crippen LogP contribution in [-0.2, 0) is 0 Å². The molecule has 0 spiro atoms. The fraction of sp³-hybridized carbons (Fsp3) is 0.143. The normalized spacial score (nSPS) is 11.4. The van der Waals surface area contributed by atoms with Gasteiger partial charge in [-0.3, -0.25) is 0 Å². The topological polar surface area (TPSA) is 41.6 Å². The molecule has 0 aliphatic carbocycles. The maximum absolute atomic E-state index is 14.0. The number of nitrogens with zero attached hydrogens (tertiary/aromatic N) is 3. The summed E-state index contributed by atoms with van der Waals surface area (Å²) in [4.78, 5) is 4.43. The van der Waals surface area contributed by atoms with Crippen LogP contribution in [-0.4, -0.2) is 9.55 Å². The Hall–Kier alpha value is -3.19. The largest absolute Gasteiger partial charge is 0.303 e. The van der Waals surface area contributed by atoms with Crippen LogP contribution in [0.5, 0.6) is 0 Å². The molecule has 2 aromatic heterocycles. The third-order valence-electron chi connectivity index (χ3n) is 4.18. The predicted octanol–water partition coefficient (Wildman–Crippen LogP) is 5.00. The molecule has 3 rings (SSSR count). The summed E-state index contributed by atoms with van der Waals surface area (Å²) in [5, 5.41) is 9.48. The zero-order valence-electron chi connectivity index (χ0n) is 14.4. The van der Waals surface area contributed by atoms with Crippen LogP contribution in [0.2, 0.25) is 0 Å². The van der Waals surface area contributed by atoms with E-state index in [2.05, 4.69) is 11.1 Å². The van der Waals surface area contributed by atoms with Crippen LogP contribution in [0.4, 0.5) is 4.39 Å². The predicted molar refractivity (Wildman–Crippen MR) is 97.7 cm³/mol. The molecule has 3 aromatic rings. The van der Waals surface area contributed by atoms with Crippen molar-refractivity contribution in [2.24, 2.45) is 0 Å². The first-order valence-corrected chi connectivity index (χ1v) is 8.00. The minimum Gasteiger partial charge on any atom is -0.303 e. The van der Waals surface area contributed by atoms with Crippen molar-refractivity contribution in [1.29, 1.82) is 5.26 Å². The molecule has 25 heavy (non-hydrogen) atoms. The molecule has 0 saturated carbocycles. The van der Waals surface area contributed by atoms with Gasteiger partial charge < -0.3 is 4.57 Å². The molecule has 4 heteroatoms. The molecular weight excluding hydrogens is 313 g/mol. The maximum atomic E-state index is 14.0. The molecule has 0 fully saturated rings. The first kappa shape index (κ1) is 16.7. The van der Waals surface area contributed by atoms with E-state index in [9.17, 15) is 9.65 Å². The molecular formula is C21H18FN3. The Balaban J connectivity index is 2.12. The number of aryl methyl sites for hydroxylation is 2. The lowest BCUT2D eigenvalue weighted by Crippen LogP contribution is -2.02. The lowest BCUT2D eigenvalue weighted by Gasteiger charge is -2.09. The highest BCUT2D eigenvalue weighted by molar-refractivity contribution is 5.90. The van der Waals surface area contributed by atoms with Crippen LogP contribution in [0, 0.1) is 37.9 Å². The van der Waals surface area contributed by atoms with E-state index in [1.54, 1.807) is 30.5 Å². The minimum absolute atomic E-state index is 0.301. The van der Waals surface area contributed by atoms with E-state index in [1.165, 1.54) is 6.07 Å². The van der Waals surface area contributed by atoms with Crippen molar-refractivity contribution < 1.29 is 4.39 Å². The lowest BCUT2D eigenvalue weighted by molar-refractivity contribution is 0.624. The van der Waals surface area contributed by atoms with Crippen molar-refractivity contribution in [2.45, 2.75) is 20.8 Å². The van der Waals surface area contributed by atoms with Crippen LogP contribution < -0.4 is 0 Å². The first-order valence-electron chi connectivity index (χ1n) is 8.00. The summed E-state index contributed by atoms with van der Waals surface area (Å²) in [6, 6.07) is 14.4. The lowest BCUT2D eigenvalue weighted by atomic mass is 10.0. The zero-order valence-corrected chi connectivity index (χ0v) is 14.4. The molecule has 124 valence electrons. The summed E-state index contributed by atoms with van der Waals surface area (Å²) < 4.78 is 16.1. The van der Waals surface area contributed by atoms with Crippen LogP contribution in [0.3, 0.4) is 0 Å². The second-order valence-corrected chi connectivity index (χ2v) is 6.00. The Kier molecular flexibility index (Phi) is 4.49. The van der Waals surface area contributed by atoms with Crippen molar-refractivity contribution in [1.82, 2.24) is 9.55 Å². The van der Waals surface area contributed by atoms with Crippen molar-refractivity contribution in [3.05, 3.63) is 82.6 Å². The van der Waals surface area contributed by atoms with Crippen molar-refractivity contribution >= 4 is 11.6 Å². The van der Waals surface area contributed by atoms with Crippen LogP contribution in [0.15, 0.2) is 48.7 Å². The second kappa shape index (κ2) is 6.74. The number of allylic oxidation sites excluding steroid dienone is 1. The molecule has 1 aromatic carbocycles. The van der Waals surface area contributed by atoms with E-state index in [0.29, 0.717) is 11.1 Å². The average molecular weight is 331 g/mol. The molecule has 0 atom stereocenters. The molecule has 0 aliphatic heterocycles. The molecule has 0 amide bonds. The highest BCUT2D eigenvalue weighted by Gasteiger charge is 2.13. The Bertz CT molecular complexity index is 1010. The number of pyridine rings is 1. The van der Waals surface area contributed by atoms with E-state index in [0.717, 1.165) is 28.3 Å². The third kappa shape index (κ3) is 3.22. The quantitative estimate of drug-likeness (QED) is 0.634. The minimum atomic E-state index is -0.399. The number of rotatable bonds is 3. The second-order valence-electron chi connectivity index (χ2n) is 6.00. The number of aromatic nitrogens is 2. The summed E-state index contributed by atoms with van der Waals surface area (Å²) in [6.45, 7) is 5.98. The number of benzene rings is 1. The van der Waals surface area contributed by atoms with Gasteiger partial charge in [0.25, 0.3) is 0 Å². The van der Waals surface area contributed by atoms with E-state index in [4.69, 9.17) is 0 Å². The van der Waals surface area contributed by atoms with Crippen molar-refractivity contribution in [3.63, 3.8) is 0 Å². The molecule has 0 bridgehead atoms. The van der Waals surface area contributed by atoms with Gasteiger partial charge in [-0.1, -0.05) is 18.2 Å². The molecule has 3 nitrogen and oxygen atoms in total. The molecule has 0 saturated heterocycles. The summed E-state index contributed by atoms with van der Waals surface area (Å²) in [5.41, 5.74) is 4.57. The van der Waals surface area contributed by atoms with Gasteiger partial charge in [0.1, 0.15) is 11.6 Å². The van der Waals surface area contributed by atoms with E-state index in [1.807, 2.05) is 43.5 Å². The van der Waals surface area contributed by atoms with Crippen LogP contribution >= 0.6 is 0 Å². The van der Waals surface area contributed by atoms with Crippen LogP contribution in [0.25, 0.3) is 17.5 Å². The molecule has 0 aliphatic rings. The Labute approximate surface area is 146 Å². The summed E-state index contributed by atoms with van der Waals surface area (Å²) in [7, 11) is 0. The van der Waals surface area contributed by atoms with E-state index >= 15 is 0 Å². The Morgan fingerprint density at radius 3 is 2.60 bits per heavy atom. The maximum Gasteiger partial charge on any atom is 0.137 e. The Morgan fingerprint density at radius 1 is 1.16 bits per heavy atom. The van der Waals surface area contributed by atoms with Gasteiger partial charge in [0, 0.05) is 23.1 Å².